The summed E-state index contributed by atoms with van der Waals surface area (Å²) in [5, 5.41) is 12.1. The Balaban J connectivity index is 1.51. The summed E-state index contributed by atoms with van der Waals surface area (Å²) in [5.41, 5.74) is -0.0536. The summed E-state index contributed by atoms with van der Waals surface area (Å²) >= 11 is 0. The number of hydrogen-bond acceptors (Lipinski definition) is 7. The van der Waals surface area contributed by atoms with E-state index < -0.39 is 17.7 Å². The third kappa shape index (κ3) is 7.99. The van der Waals surface area contributed by atoms with E-state index in [1.54, 1.807) is 30.3 Å². The number of ether oxygens (including phenoxy) is 4. The molecule has 0 aromatic heterocycles. The van der Waals surface area contributed by atoms with Gasteiger partial charge in [0.1, 0.15) is 23.9 Å². The molecule has 0 bridgehead atoms. The smallest absolute Gasteiger partial charge is 0.407 e. The lowest BCUT2D eigenvalue weighted by Crippen LogP contribution is -2.38. The number of amides is 1. The van der Waals surface area contributed by atoms with Crippen molar-refractivity contribution >= 4 is 17.8 Å². The average molecular weight is 522 g/mol. The predicted octanol–water partition coefficient (Wildman–Crippen LogP) is 4.86. The summed E-state index contributed by atoms with van der Waals surface area (Å²) in [6.07, 6.45) is 0.0675. The van der Waals surface area contributed by atoms with Gasteiger partial charge < -0.3 is 29.4 Å². The Bertz CT molecular complexity index is 1240. The van der Waals surface area contributed by atoms with Crippen LogP contribution in [0.1, 0.15) is 41.8 Å². The minimum Gasteiger partial charge on any atom is -0.497 e. The minimum atomic E-state index is -1.55. The van der Waals surface area contributed by atoms with E-state index in [0.29, 0.717) is 36.6 Å². The van der Waals surface area contributed by atoms with Crippen LogP contribution in [0.3, 0.4) is 0 Å². The monoisotopic (exact) mass is 521 g/mol. The molecular weight excluding hydrogens is 490 g/mol. The first-order valence-corrected chi connectivity index (χ1v) is 12.0. The second-order valence-corrected chi connectivity index (χ2v) is 8.82. The van der Waals surface area contributed by atoms with Gasteiger partial charge in [0.05, 0.1) is 19.3 Å². The van der Waals surface area contributed by atoms with Gasteiger partial charge in [-0.2, -0.15) is 0 Å². The first-order chi connectivity index (χ1) is 18.2. The summed E-state index contributed by atoms with van der Waals surface area (Å²) in [6.45, 7) is 3.75. The number of carbonyl (C=O) groups is 3. The van der Waals surface area contributed by atoms with Gasteiger partial charge in [0.2, 0.25) is 0 Å². The zero-order chi connectivity index (χ0) is 27.5. The van der Waals surface area contributed by atoms with Crippen molar-refractivity contribution in [3.63, 3.8) is 0 Å². The molecule has 0 atom stereocenters. The topological polar surface area (TPSA) is 120 Å². The molecule has 9 heteroatoms. The van der Waals surface area contributed by atoms with Crippen LogP contribution in [0.2, 0.25) is 0 Å². The van der Waals surface area contributed by atoms with Crippen LogP contribution in [-0.4, -0.2) is 48.8 Å². The zero-order valence-electron chi connectivity index (χ0n) is 21.6. The Morgan fingerprint density at radius 3 is 2.26 bits per heavy atom. The average Bonchev–Trinajstić information content (AvgIpc) is 2.92. The van der Waals surface area contributed by atoms with E-state index in [-0.39, 0.29) is 23.7 Å². The summed E-state index contributed by atoms with van der Waals surface area (Å²) in [6, 6.07) is 20.6. The van der Waals surface area contributed by atoms with Crippen LogP contribution in [-0.2, 0) is 16.1 Å². The molecule has 2 N–H and O–H groups in total. The number of rotatable bonds is 13. The largest absolute Gasteiger partial charge is 0.497 e. The van der Waals surface area contributed by atoms with Crippen molar-refractivity contribution in [3.05, 3.63) is 89.5 Å². The van der Waals surface area contributed by atoms with Crippen molar-refractivity contribution in [3.8, 4) is 17.2 Å². The van der Waals surface area contributed by atoms with Gasteiger partial charge >= 0.3 is 12.1 Å². The number of carboxylic acids is 1. The van der Waals surface area contributed by atoms with Crippen LogP contribution in [0.4, 0.5) is 4.79 Å². The van der Waals surface area contributed by atoms with Crippen LogP contribution in [0.25, 0.3) is 0 Å². The number of nitrogens with one attached hydrogen (secondary N) is 1. The molecule has 0 saturated carbocycles. The second kappa shape index (κ2) is 13.1. The molecular formula is C29H31NO8. The Morgan fingerprint density at radius 2 is 1.61 bits per heavy atom. The highest BCUT2D eigenvalue weighted by atomic mass is 16.5. The number of aliphatic carboxylic acids is 1. The van der Waals surface area contributed by atoms with Crippen LogP contribution in [0.15, 0.2) is 72.8 Å². The Morgan fingerprint density at radius 1 is 0.921 bits per heavy atom. The molecule has 3 rings (SSSR count). The Kier molecular flexibility index (Phi) is 9.70. The molecule has 0 heterocycles. The van der Waals surface area contributed by atoms with Gasteiger partial charge in [-0.1, -0.05) is 30.3 Å². The number of ketones is 1. The van der Waals surface area contributed by atoms with Crippen molar-refractivity contribution in [2.24, 2.45) is 0 Å². The molecule has 3 aromatic carbocycles. The van der Waals surface area contributed by atoms with E-state index >= 15 is 0 Å². The summed E-state index contributed by atoms with van der Waals surface area (Å²) < 4.78 is 21.7. The fourth-order valence-electron chi connectivity index (χ4n) is 3.31. The van der Waals surface area contributed by atoms with E-state index in [9.17, 15) is 19.5 Å². The van der Waals surface area contributed by atoms with Gasteiger partial charge in [-0.15, -0.1) is 0 Å². The van der Waals surface area contributed by atoms with Crippen molar-refractivity contribution in [2.75, 3.05) is 20.3 Å². The highest BCUT2D eigenvalue weighted by molar-refractivity contribution is 6.11. The Labute approximate surface area is 221 Å². The molecule has 1 amide bonds. The first kappa shape index (κ1) is 28.0. The maximum Gasteiger partial charge on any atom is 0.407 e. The number of alkyl carbamates (subject to hydrolysis) is 1. The van der Waals surface area contributed by atoms with Gasteiger partial charge in [-0.05, 0) is 62.2 Å². The fraction of sp³-hybridized carbons (Fsp3) is 0.276. The van der Waals surface area contributed by atoms with Gasteiger partial charge in [0.15, 0.2) is 11.4 Å². The maximum absolute atomic E-state index is 13.2. The molecule has 0 saturated heterocycles. The molecule has 3 aromatic rings. The molecule has 9 nitrogen and oxygen atoms in total. The lowest BCUT2D eigenvalue weighted by molar-refractivity contribution is -0.152. The third-order valence-corrected chi connectivity index (χ3v) is 5.50. The molecule has 0 unspecified atom stereocenters. The van der Waals surface area contributed by atoms with Crippen molar-refractivity contribution < 1.29 is 38.4 Å². The van der Waals surface area contributed by atoms with Crippen LogP contribution in [0, 0.1) is 0 Å². The van der Waals surface area contributed by atoms with Crippen LogP contribution >= 0.6 is 0 Å². The molecule has 0 fully saturated rings. The van der Waals surface area contributed by atoms with Crippen molar-refractivity contribution in [1.29, 1.82) is 0 Å². The quantitative estimate of drug-likeness (QED) is 0.242. The van der Waals surface area contributed by atoms with Gasteiger partial charge in [0, 0.05) is 18.2 Å². The lowest BCUT2D eigenvalue weighted by Gasteiger charge is -2.23. The number of benzene rings is 3. The Hall–Kier alpha value is -4.53. The highest BCUT2D eigenvalue weighted by Gasteiger charge is 2.31. The molecule has 38 heavy (non-hydrogen) atoms. The van der Waals surface area contributed by atoms with Gasteiger partial charge in [-0.3, -0.25) is 4.79 Å². The van der Waals surface area contributed by atoms with Crippen LogP contribution in [0.5, 0.6) is 17.2 Å². The van der Waals surface area contributed by atoms with Crippen LogP contribution < -0.4 is 19.5 Å². The zero-order valence-corrected chi connectivity index (χ0v) is 21.6. The molecule has 0 aliphatic rings. The number of carboxylic acid groups (broad SMARTS) is 1. The van der Waals surface area contributed by atoms with Gasteiger partial charge in [-0.25, -0.2) is 9.59 Å². The number of methoxy groups -OCH3 is 1. The third-order valence-electron chi connectivity index (χ3n) is 5.50. The van der Waals surface area contributed by atoms with Crippen molar-refractivity contribution in [2.45, 2.75) is 32.5 Å². The predicted molar refractivity (Wildman–Crippen MR) is 140 cm³/mol. The molecule has 0 radical (unpaired) electrons. The molecule has 0 aliphatic carbocycles. The number of carbonyl (C=O) groups excluding carboxylic acids is 2. The van der Waals surface area contributed by atoms with E-state index in [0.717, 1.165) is 5.56 Å². The summed E-state index contributed by atoms with van der Waals surface area (Å²) in [5.74, 6) is -0.406. The summed E-state index contributed by atoms with van der Waals surface area (Å²) in [7, 11) is 1.47. The van der Waals surface area contributed by atoms with E-state index in [2.05, 4.69) is 5.32 Å². The summed E-state index contributed by atoms with van der Waals surface area (Å²) in [4.78, 5) is 36.5. The highest BCUT2D eigenvalue weighted by Crippen LogP contribution is 2.30. The minimum absolute atomic E-state index is 0.108. The SMILES string of the molecule is COc1ccc(C(=O)c2ccc(OCCCNC(=O)OCc3ccccc3)cc2)c(OC(C)(C)C(=O)O)c1. The lowest BCUT2D eigenvalue weighted by atomic mass is 10.0. The second-order valence-electron chi connectivity index (χ2n) is 8.82. The van der Waals surface area contributed by atoms with Crippen molar-refractivity contribution in [1.82, 2.24) is 5.32 Å². The van der Waals surface area contributed by atoms with Gasteiger partial charge in [0.25, 0.3) is 0 Å². The number of hydrogen-bond donors (Lipinski definition) is 2. The van der Waals surface area contributed by atoms with E-state index in [1.807, 2.05) is 30.3 Å². The van der Waals surface area contributed by atoms with E-state index in [4.69, 9.17) is 18.9 Å². The standard InChI is InChI=1S/C29H31NO8/c1-29(2,27(32)33)38-25-18-23(35-3)14-15-24(25)26(31)21-10-12-22(13-11-21)36-17-7-16-30-28(34)37-19-20-8-5-4-6-9-20/h4-6,8-15,18H,7,16-17,19H2,1-3H3,(H,30,34)(H,32,33). The fourth-order valence-corrected chi connectivity index (χ4v) is 3.31. The maximum atomic E-state index is 13.2. The van der Waals surface area contributed by atoms with E-state index in [1.165, 1.54) is 33.1 Å². The molecule has 0 spiro atoms. The molecule has 0 aliphatic heterocycles. The normalized spacial score (nSPS) is 10.8. The first-order valence-electron chi connectivity index (χ1n) is 12.0. The molecule has 200 valence electrons.